The first kappa shape index (κ1) is 13.8. The maximum atomic E-state index is 11.3. The van der Waals surface area contributed by atoms with Crippen molar-refractivity contribution >= 4 is 29.0 Å². The second kappa shape index (κ2) is 5.70. The molecule has 0 fully saturated rings. The molecule has 0 N–H and O–H groups in total. The molecule has 0 aliphatic carbocycles. The van der Waals surface area contributed by atoms with Gasteiger partial charge in [0.25, 0.3) is 0 Å². The summed E-state index contributed by atoms with van der Waals surface area (Å²) in [5.74, 6) is 0. The first-order valence-corrected chi connectivity index (χ1v) is 7.59. The Morgan fingerprint density at radius 3 is 2.52 bits per heavy atom. The highest BCUT2D eigenvalue weighted by atomic mass is 32.2. The molecule has 0 unspecified atom stereocenters. The molecule has 3 heteroatoms. The molecule has 0 aliphatic heterocycles. The third-order valence-corrected chi connectivity index (χ3v) is 4.43. The number of hydrogen-bond donors (Lipinski definition) is 0. The summed E-state index contributed by atoms with van der Waals surface area (Å²) in [6.07, 6.45) is 0.880. The molecule has 2 nitrogen and oxygen atoms in total. The summed E-state index contributed by atoms with van der Waals surface area (Å²) >= 11 is 1.53. The first-order valence-electron chi connectivity index (χ1n) is 6.77. The Balaban J connectivity index is 2.09. The number of pyridine rings is 1. The molecule has 0 saturated carbocycles. The van der Waals surface area contributed by atoms with Gasteiger partial charge in [0.1, 0.15) is 5.03 Å². The second-order valence-corrected chi connectivity index (χ2v) is 6.12. The molecule has 1 heterocycles. The molecule has 0 aliphatic rings. The van der Waals surface area contributed by atoms with Crippen LogP contribution >= 0.6 is 11.8 Å². The van der Waals surface area contributed by atoms with Crippen molar-refractivity contribution in [3.05, 3.63) is 65.2 Å². The van der Waals surface area contributed by atoms with Crippen LogP contribution in [0.4, 0.5) is 0 Å². The van der Waals surface area contributed by atoms with Crippen molar-refractivity contribution in [2.75, 3.05) is 0 Å². The summed E-state index contributed by atoms with van der Waals surface area (Å²) in [5.41, 5.74) is 3.93. The van der Waals surface area contributed by atoms with E-state index in [9.17, 15) is 4.79 Å². The molecular formula is C18H15NOS. The molecule has 3 rings (SSSR count). The molecule has 0 atom stereocenters. The minimum atomic E-state index is 0.638. The van der Waals surface area contributed by atoms with E-state index in [0.29, 0.717) is 5.56 Å². The average Bonchev–Trinajstić information content (AvgIpc) is 2.50. The highest BCUT2D eigenvalue weighted by molar-refractivity contribution is 7.99. The zero-order valence-electron chi connectivity index (χ0n) is 12.0. The highest BCUT2D eigenvalue weighted by Crippen LogP contribution is 2.31. The number of carbonyl (C=O) groups excluding carboxylic acids is 1. The molecular weight excluding hydrogens is 278 g/mol. The summed E-state index contributed by atoms with van der Waals surface area (Å²) in [7, 11) is 0. The smallest absolute Gasteiger partial charge is 0.152 e. The number of aldehydes is 1. The summed E-state index contributed by atoms with van der Waals surface area (Å²) < 4.78 is 0. The zero-order valence-corrected chi connectivity index (χ0v) is 12.8. The lowest BCUT2D eigenvalue weighted by Gasteiger charge is -2.08. The van der Waals surface area contributed by atoms with Gasteiger partial charge in [0.05, 0.1) is 5.52 Å². The Bertz CT molecular complexity index is 809. The van der Waals surface area contributed by atoms with Crippen LogP contribution in [0.1, 0.15) is 21.5 Å². The van der Waals surface area contributed by atoms with E-state index in [1.54, 1.807) is 0 Å². The molecule has 1 aromatic heterocycles. The predicted octanol–water partition coefficient (Wildman–Crippen LogP) is 4.82. The van der Waals surface area contributed by atoms with Gasteiger partial charge in [-0.3, -0.25) is 4.79 Å². The number of carbonyl (C=O) groups is 1. The van der Waals surface area contributed by atoms with Gasteiger partial charge in [-0.05, 0) is 37.6 Å². The first-order chi connectivity index (χ1) is 10.2. The van der Waals surface area contributed by atoms with E-state index >= 15 is 0 Å². The zero-order chi connectivity index (χ0) is 14.8. The number of fused-ring (bicyclic) bond motifs is 1. The lowest BCUT2D eigenvalue weighted by molar-refractivity contribution is 0.112. The third kappa shape index (κ3) is 2.83. The molecule has 0 saturated heterocycles. The largest absolute Gasteiger partial charge is 0.298 e. The fourth-order valence-electron chi connectivity index (χ4n) is 2.23. The molecule has 0 bridgehead atoms. The van der Waals surface area contributed by atoms with Crippen molar-refractivity contribution in [2.24, 2.45) is 0 Å². The fourth-order valence-corrected chi connectivity index (χ4v) is 3.09. The maximum absolute atomic E-state index is 11.3. The Morgan fingerprint density at radius 1 is 1.05 bits per heavy atom. The summed E-state index contributed by atoms with van der Waals surface area (Å²) in [6, 6.07) is 16.2. The van der Waals surface area contributed by atoms with Crippen LogP contribution in [0.5, 0.6) is 0 Å². The Labute approximate surface area is 128 Å². The van der Waals surface area contributed by atoms with Crippen LogP contribution < -0.4 is 0 Å². The normalized spacial score (nSPS) is 10.8. The van der Waals surface area contributed by atoms with E-state index < -0.39 is 0 Å². The molecule has 0 amide bonds. The molecule has 0 spiro atoms. The Kier molecular flexibility index (Phi) is 3.76. The van der Waals surface area contributed by atoms with Crippen LogP contribution in [0.3, 0.4) is 0 Å². The van der Waals surface area contributed by atoms with Gasteiger partial charge in [0, 0.05) is 15.8 Å². The van der Waals surface area contributed by atoms with Crippen LogP contribution in [0.25, 0.3) is 10.9 Å². The second-order valence-electron chi connectivity index (χ2n) is 5.06. The number of rotatable bonds is 3. The third-order valence-electron chi connectivity index (χ3n) is 3.40. The van der Waals surface area contributed by atoms with Crippen molar-refractivity contribution in [3.63, 3.8) is 0 Å². The van der Waals surface area contributed by atoms with Crippen LogP contribution in [0.15, 0.2) is 58.5 Å². The van der Waals surface area contributed by atoms with Crippen molar-refractivity contribution in [3.8, 4) is 0 Å². The SMILES string of the molecule is Cc1ccc(Sc2nc3c(C)cccc3cc2C=O)cc1. The Hall–Kier alpha value is -2.13. The number of para-hydroxylation sites is 1. The van der Waals surface area contributed by atoms with Crippen LogP contribution in [-0.2, 0) is 0 Å². The molecule has 2 aromatic carbocycles. The van der Waals surface area contributed by atoms with Gasteiger partial charge >= 0.3 is 0 Å². The lowest BCUT2D eigenvalue weighted by Crippen LogP contribution is -1.93. The van der Waals surface area contributed by atoms with Crippen molar-refractivity contribution in [1.82, 2.24) is 4.98 Å². The monoisotopic (exact) mass is 293 g/mol. The maximum Gasteiger partial charge on any atom is 0.152 e. The van der Waals surface area contributed by atoms with Crippen LogP contribution in [-0.4, -0.2) is 11.3 Å². The molecule has 104 valence electrons. The number of nitrogens with zero attached hydrogens (tertiary/aromatic N) is 1. The fraction of sp³-hybridized carbons (Fsp3) is 0.111. The van der Waals surface area contributed by atoms with E-state index in [4.69, 9.17) is 4.98 Å². The van der Waals surface area contributed by atoms with Gasteiger partial charge < -0.3 is 0 Å². The number of benzene rings is 2. The minimum Gasteiger partial charge on any atom is -0.298 e. The lowest BCUT2D eigenvalue weighted by atomic mass is 10.1. The van der Waals surface area contributed by atoms with Gasteiger partial charge in [-0.25, -0.2) is 4.98 Å². The van der Waals surface area contributed by atoms with Gasteiger partial charge in [-0.2, -0.15) is 0 Å². The molecule has 3 aromatic rings. The van der Waals surface area contributed by atoms with Gasteiger partial charge in [-0.1, -0.05) is 47.7 Å². The number of aromatic nitrogens is 1. The van der Waals surface area contributed by atoms with E-state index in [2.05, 4.69) is 31.2 Å². The number of hydrogen-bond acceptors (Lipinski definition) is 3. The van der Waals surface area contributed by atoms with E-state index in [1.807, 2.05) is 31.2 Å². The standard InChI is InChI=1S/C18H15NOS/c1-12-6-8-16(9-7-12)21-18-15(11-20)10-14-5-3-4-13(2)17(14)19-18/h3-11H,1-2H3. The number of aryl methyl sites for hydroxylation is 2. The van der Waals surface area contributed by atoms with Gasteiger partial charge in [0.15, 0.2) is 6.29 Å². The minimum absolute atomic E-state index is 0.638. The van der Waals surface area contributed by atoms with Crippen molar-refractivity contribution in [2.45, 2.75) is 23.8 Å². The average molecular weight is 293 g/mol. The Morgan fingerprint density at radius 2 is 1.81 bits per heavy atom. The van der Waals surface area contributed by atoms with Crippen molar-refractivity contribution < 1.29 is 4.79 Å². The van der Waals surface area contributed by atoms with E-state index in [-0.39, 0.29) is 0 Å². The predicted molar refractivity (Wildman–Crippen MR) is 87.2 cm³/mol. The highest BCUT2D eigenvalue weighted by Gasteiger charge is 2.09. The van der Waals surface area contributed by atoms with Crippen LogP contribution in [0.2, 0.25) is 0 Å². The summed E-state index contributed by atoms with van der Waals surface area (Å²) in [6.45, 7) is 4.10. The molecule has 0 radical (unpaired) electrons. The van der Waals surface area contributed by atoms with Gasteiger partial charge in [0.2, 0.25) is 0 Å². The summed E-state index contributed by atoms with van der Waals surface area (Å²) in [4.78, 5) is 17.1. The van der Waals surface area contributed by atoms with Crippen molar-refractivity contribution in [1.29, 1.82) is 0 Å². The summed E-state index contributed by atoms with van der Waals surface area (Å²) in [5, 5.41) is 1.76. The topological polar surface area (TPSA) is 30.0 Å². The van der Waals surface area contributed by atoms with E-state index in [0.717, 1.165) is 32.7 Å². The quantitative estimate of drug-likeness (QED) is 0.649. The van der Waals surface area contributed by atoms with E-state index in [1.165, 1.54) is 17.3 Å². The molecule has 21 heavy (non-hydrogen) atoms. The van der Waals surface area contributed by atoms with Gasteiger partial charge in [-0.15, -0.1) is 0 Å². The van der Waals surface area contributed by atoms with Crippen LogP contribution in [0, 0.1) is 13.8 Å².